The first-order chi connectivity index (χ1) is 10.8. The first-order valence-electron chi connectivity index (χ1n) is 7.91. The van der Waals surface area contributed by atoms with Gasteiger partial charge in [0.1, 0.15) is 0 Å². The number of anilines is 1. The molecule has 2 rings (SSSR count). The largest absolute Gasteiger partial charge is 0.323 e. The van der Waals surface area contributed by atoms with E-state index in [-0.39, 0.29) is 5.91 Å². The molecule has 0 saturated heterocycles. The second-order valence-corrected chi connectivity index (χ2v) is 5.39. The van der Waals surface area contributed by atoms with Crippen LogP contribution >= 0.6 is 0 Å². The van der Waals surface area contributed by atoms with Crippen molar-refractivity contribution in [1.29, 1.82) is 0 Å². The zero-order valence-corrected chi connectivity index (χ0v) is 13.1. The summed E-state index contributed by atoms with van der Waals surface area (Å²) in [7, 11) is 0. The van der Waals surface area contributed by atoms with E-state index in [0.717, 1.165) is 17.7 Å². The van der Waals surface area contributed by atoms with Crippen molar-refractivity contribution < 1.29 is 4.79 Å². The number of nitrogens with one attached hydrogen (secondary N) is 1. The monoisotopic (exact) mass is 293 g/mol. The molecular weight excluding hydrogens is 270 g/mol. The second kappa shape index (κ2) is 8.83. The van der Waals surface area contributed by atoms with Crippen molar-refractivity contribution in [1.82, 2.24) is 0 Å². The standard InChI is InChI=1S/C20H23NO/c1-2-3-5-8-17-11-13-18(14-12-17)15-16-20(22)21-19-9-6-4-7-10-19/h4,6-7,9-16H,2-3,5,8H2,1H3,(H,21,22). The lowest BCUT2D eigenvalue weighted by Crippen LogP contribution is -2.07. The van der Waals surface area contributed by atoms with Crippen LogP contribution in [0.3, 0.4) is 0 Å². The van der Waals surface area contributed by atoms with Crippen LogP contribution in [0.1, 0.15) is 37.3 Å². The maximum atomic E-state index is 11.8. The Morgan fingerprint density at radius 1 is 1.00 bits per heavy atom. The molecule has 1 N–H and O–H groups in total. The normalized spacial score (nSPS) is 10.8. The summed E-state index contributed by atoms with van der Waals surface area (Å²) in [6.45, 7) is 2.22. The van der Waals surface area contributed by atoms with Gasteiger partial charge in [-0.1, -0.05) is 62.2 Å². The van der Waals surface area contributed by atoms with Crippen LogP contribution in [-0.2, 0) is 11.2 Å². The van der Waals surface area contributed by atoms with E-state index < -0.39 is 0 Å². The molecule has 0 bridgehead atoms. The van der Waals surface area contributed by atoms with Crippen molar-refractivity contribution in [2.45, 2.75) is 32.6 Å². The Hall–Kier alpha value is -2.35. The molecule has 0 unspecified atom stereocenters. The molecule has 0 aliphatic carbocycles. The van der Waals surface area contributed by atoms with Gasteiger partial charge in [-0.05, 0) is 42.2 Å². The number of amides is 1. The van der Waals surface area contributed by atoms with Gasteiger partial charge in [0, 0.05) is 11.8 Å². The Kier molecular flexibility index (Phi) is 6.43. The van der Waals surface area contributed by atoms with E-state index >= 15 is 0 Å². The molecule has 114 valence electrons. The number of aryl methyl sites for hydroxylation is 1. The molecule has 0 spiro atoms. The molecule has 2 aromatic rings. The van der Waals surface area contributed by atoms with E-state index in [9.17, 15) is 4.79 Å². The number of benzene rings is 2. The topological polar surface area (TPSA) is 29.1 Å². The number of carbonyl (C=O) groups is 1. The van der Waals surface area contributed by atoms with Gasteiger partial charge in [-0.3, -0.25) is 4.79 Å². The van der Waals surface area contributed by atoms with E-state index in [1.807, 2.05) is 36.4 Å². The molecular formula is C20H23NO. The summed E-state index contributed by atoms with van der Waals surface area (Å²) in [4.78, 5) is 11.8. The van der Waals surface area contributed by atoms with Crippen molar-refractivity contribution in [3.05, 3.63) is 71.8 Å². The van der Waals surface area contributed by atoms with Crippen LogP contribution in [0.2, 0.25) is 0 Å². The van der Waals surface area contributed by atoms with Crippen molar-refractivity contribution in [2.24, 2.45) is 0 Å². The Morgan fingerprint density at radius 3 is 2.41 bits per heavy atom. The Balaban J connectivity index is 1.85. The van der Waals surface area contributed by atoms with Gasteiger partial charge < -0.3 is 5.32 Å². The lowest BCUT2D eigenvalue weighted by Gasteiger charge is -2.02. The highest BCUT2D eigenvalue weighted by atomic mass is 16.1. The summed E-state index contributed by atoms with van der Waals surface area (Å²) < 4.78 is 0. The van der Waals surface area contributed by atoms with Gasteiger partial charge in [0.15, 0.2) is 0 Å². The van der Waals surface area contributed by atoms with Gasteiger partial charge in [-0.15, -0.1) is 0 Å². The number of unbranched alkanes of at least 4 members (excludes halogenated alkanes) is 2. The Labute approximate surface area is 132 Å². The average Bonchev–Trinajstić information content (AvgIpc) is 2.55. The average molecular weight is 293 g/mol. The van der Waals surface area contributed by atoms with Crippen molar-refractivity contribution in [2.75, 3.05) is 5.32 Å². The van der Waals surface area contributed by atoms with Gasteiger partial charge in [0.2, 0.25) is 5.91 Å². The third-order valence-corrected chi connectivity index (χ3v) is 3.52. The quantitative estimate of drug-likeness (QED) is 0.560. The first-order valence-corrected chi connectivity index (χ1v) is 7.91. The zero-order chi connectivity index (χ0) is 15.6. The number of hydrogen-bond donors (Lipinski definition) is 1. The molecule has 0 atom stereocenters. The fraction of sp³-hybridized carbons (Fsp3) is 0.250. The fourth-order valence-corrected chi connectivity index (χ4v) is 2.25. The highest BCUT2D eigenvalue weighted by Crippen LogP contribution is 2.10. The van der Waals surface area contributed by atoms with Crippen LogP contribution in [0.15, 0.2) is 60.7 Å². The predicted molar refractivity (Wildman–Crippen MR) is 93.8 cm³/mol. The van der Waals surface area contributed by atoms with Gasteiger partial charge >= 0.3 is 0 Å². The lowest BCUT2D eigenvalue weighted by atomic mass is 10.1. The molecule has 22 heavy (non-hydrogen) atoms. The van der Waals surface area contributed by atoms with Crippen LogP contribution in [0.4, 0.5) is 5.69 Å². The van der Waals surface area contributed by atoms with Gasteiger partial charge in [0.25, 0.3) is 0 Å². The molecule has 2 aromatic carbocycles. The summed E-state index contributed by atoms with van der Waals surface area (Å²) in [6.07, 6.45) is 8.31. The highest BCUT2D eigenvalue weighted by molar-refractivity contribution is 6.01. The van der Waals surface area contributed by atoms with E-state index in [4.69, 9.17) is 0 Å². The van der Waals surface area contributed by atoms with Crippen molar-refractivity contribution in [3.8, 4) is 0 Å². The van der Waals surface area contributed by atoms with Crippen LogP contribution in [-0.4, -0.2) is 5.91 Å². The first kappa shape index (κ1) is 16.0. The summed E-state index contributed by atoms with van der Waals surface area (Å²) in [6, 6.07) is 17.9. The molecule has 0 aliphatic heterocycles. The zero-order valence-electron chi connectivity index (χ0n) is 13.1. The molecule has 0 aliphatic rings. The molecule has 0 saturated carbocycles. The SMILES string of the molecule is CCCCCc1ccc(C=CC(=O)Nc2ccccc2)cc1. The molecule has 0 fully saturated rings. The van der Waals surface area contributed by atoms with Crippen LogP contribution in [0.5, 0.6) is 0 Å². The summed E-state index contributed by atoms with van der Waals surface area (Å²) >= 11 is 0. The maximum absolute atomic E-state index is 11.8. The molecule has 0 heterocycles. The van der Waals surface area contributed by atoms with E-state index in [0.29, 0.717) is 0 Å². The molecule has 2 heteroatoms. The highest BCUT2D eigenvalue weighted by Gasteiger charge is 1.97. The number of para-hydroxylation sites is 1. The maximum Gasteiger partial charge on any atom is 0.248 e. The van der Waals surface area contributed by atoms with Gasteiger partial charge in [-0.25, -0.2) is 0 Å². The second-order valence-electron chi connectivity index (χ2n) is 5.39. The number of carbonyl (C=O) groups excluding carboxylic acids is 1. The number of rotatable bonds is 7. The van der Waals surface area contributed by atoms with Crippen LogP contribution < -0.4 is 5.32 Å². The molecule has 1 amide bonds. The minimum absolute atomic E-state index is 0.113. The van der Waals surface area contributed by atoms with E-state index in [2.05, 4.69) is 36.5 Å². The molecule has 0 radical (unpaired) electrons. The third kappa shape index (κ3) is 5.57. The van der Waals surface area contributed by atoms with Crippen molar-refractivity contribution in [3.63, 3.8) is 0 Å². The van der Waals surface area contributed by atoms with Crippen LogP contribution in [0.25, 0.3) is 6.08 Å². The molecule has 2 nitrogen and oxygen atoms in total. The van der Waals surface area contributed by atoms with Gasteiger partial charge in [0.05, 0.1) is 0 Å². The summed E-state index contributed by atoms with van der Waals surface area (Å²) in [5.41, 5.74) is 3.21. The van der Waals surface area contributed by atoms with Crippen molar-refractivity contribution >= 4 is 17.7 Å². The number of hydrogen-bond acceptors (Lipinski definition) is 1. The predicted octanol–water partition coefficient (Wildman–Crippen LogP) is 5.07. The Bertz CT molecular complexity index is 599. The summed E-state index contributed by atoms with van der Waals surface area (Å²) in [5.74, 6) is -0.113. The third-order valence-electron chi connectivity index (χ3n) is 3.52. The molecule has 0 aromatic heterocycles. The minimum Gasteiger partial charge on any atom is -0.323 e. The van der Waals surface area contributed by atoms with E-state index in [1.54, 1.807) is 6.08 Å². The van der Waals surface area contributed by atoms with Crippen LogP contribution in [0, 0.1) is 0 Å². The minimum atomic E-state index is -0.113. The van der Waals surface area contributed by atoms with E-state index in [1.165, 1.54) is 24.8 Å². The summed E-state index contributed by atoms with van der Waals surface area (Å²) in [5, 5.41) is 2.83. The Morgan fingerprint density at radius 2 is 1.73 bits per heavy atom. The van der Waals surface area contributed by atoms with Gasteiger partial charge in [-0.2, -0.15) is 0 Å². The smallest absolute Gasteiger partial charge is 0.248 e. The lowest BCUT2D eigenvalue weighted by molar-refractivity contribution is -0.111. The fourth-order valence-electron chi connectivity index (χ4n) is 2.25.